The highest BCUT2D eigenvalue weighted by Crippen LogP contribution is 2.26. The third kappa shape index (κ3) is 8.53. The molecule has 202 valence electrons. The maximum Gasteiger partial charge on any atom is 0.335 e. The van der Waals surface area contributed by atoms with Gasteiger partial charge in [-0.25, -0.2) is 9.78 Å². The van der Waals surface area contributed by atoms with Crippen LogP contribution in [0.25, 0.3) is 11.5 Å². The van der Waals surface area contributed by atoms with Crippen molar-refractivity contribution in [2.45, 2.75) is 13.0 Å². The third-order valence-corrected chi connectivity index (χ3v) is 6.05. The molecule has 39 heavy (non-hydrogen) atoms. The molecule has 1 amide bonds. The zero-order valence-electron chi connectivity index (χ0n) is 22.0. The van der Waals surface area contributed by atoms with E-state index in [1.54, 1.807) is 18.3 Å². The molecular weight excluding hydrogens is 496 g/mol. The summed E-state index contributed by atoms with van der Waals surface area (Å²) in [6, 6.07) is 21.6. The molecule has 0 fully saturated rings. The normalized spacial score (nSPS) is 11.1. The maximum atomic E-state index is 12.5. The van der Waals surface area contributed by atoms with E-state index in [0.29, 0.717) is 23.1 Å². The third-order valence-electron chi connectivity index (χ3n) is 6.05. The first-order chi connectivity index (χ1) is 18.9. The molecule has 0 spiro atoms. The number of aromatic nitrogens is 1. The largest absolute Gasteiger partial charge is 0.478 e. The van der Waals surface area contributed by atoms with E-state index >= 15 is 0 Å². The predicted molar refractivity (Wildman–Crippen MR) is 149 cm³/mol. The summed E-state index contributed by atoms with van der Waals surface area (Å²) in [5, 5.41) is 11.9. The Hall–Kier alpha value is -4.47. The van der Waals surface area contributed by atoms with E-state index in [1.807, 2.05) is 79.7 Å². The minimum Gasteiger partial charge on any atom is -0.478 e. The Balaban J connectivity index is 1.15. The Morgan fingerprint density at radius 2 is 1.54 bits per heavy atom. The zero-order chi connectivity index (χ0) is 27.6. The van der Waals surface area contributed by atoms with Crippen LogP contribution in [0.15, 0.2) is 89.7 Å². The van der Waals surface area contributed by atoms with Gasteiger partial charge < -0.3 is 24.5 Å². The quantitative estimate of drug-likeness (QED) is 0.243. The van der Waals surface area contributed by atoms with E-state index in [-0.39, 0.29) is 18.0 Å². The summed E-state index contributed by atoms with van der Waals surface area (Å²) in [6.45, 7) is 2.65. The molecule has 4 rings (SSSR count). The van der Waals surface area contributed by atoms with Crippen molar-refractivity contribution >= 4 is 17.6 Å². The fourth-order valence-corrected chi connectivity index (χ4v) is 4.05. The average molecular weight is 529 g/mol. The molecule has 0 saturated heterocycles. The lowest BCUT2D eigenvalue weighted by atomic mass is 10.1. The first-order valence-electron chi connectivity index (χ1n) is 12.6. The van der Waals surface area contributed by atoms with Gasteiger partial charge in [0.2, 0.25) is 11.8 Å². The number of carboxylic acid groups (broad SMARTS) is 1. The minimum absolute atomic E-state index is 0.0832. The number of nitrogens with one attached hydrogen (secondary N) is 1. The van der Waals surface area contributed by atoms with Crippen LogP contribution in [0.3, 0.4) is 0 Å². The monoisotopic (exact) mass is 528 g/mol. The summed E-state index contributed by atoms with van der Waals surface area (Å²) in [7, 11) is 3.95. The van der Waals surface area contributed by atoms with Crippen LogP contribution in [-0.2, 0) is 11.3 Å². The van der Waals surface area contributed by atoms with Gasteiger partial charge in [0.1, 0.15) is 17.8 Å². The molecule has 0 aliphatic heterocycles. The number of oxazole rings is 1. The SMILES string of the molecule is CN(CCCN(C)Cc1ccc(C(=O)O)cc1)CC(=O)Nc1ccc(Oc2ccc(-c3ncco3)cc2)cc1. The van der Waals surface area contributed by atoms with Crippen LogP contribution >= 0.6 is 0 Å². The number of hydrogen-bond donors (Lipinski definition) is 2. The summed E-state index contributed by atoms with van der Waals surface area (Å²) < 4.78 is 11.2. The molecule has 1 heterocycles. The number of nitrogens with zero attached hydrogens (tertiary/aromatic N) is 3. The Labute approximate surface area is 227 Å². The minimum atomic E-state index is -0.921. The maximum absolute atomic E-state index is 12.5. The van der Waals surface area contributed by atoms with Gasteiger partial charge in [-0.3, -0.25) is 9.69 Å². The lowest BCUT2D eigenvalue weighted by molar-refractivity contribution is -0.117. The average Bonchev–Trinajstić information content (AvgIpc) is 3.46. The van der Waals surface area contributed by atoms with Crippen molar-refractivity contribution in [2.24, 2.45) is 0 Å². The Kier molecular flexibility index (Phi) is 9.44. The number of amides is 1. The molecule has 0 atom stereocenters. The van der Waals surface area contributed by atoms with Crippen LogP contribution in [0.1, 0.15) is 22.3 Å². The molecule has 9 nitrogen and oxygen atoms in total. The summed E-state index contributed by atoms with van der Waals surface area (Å²) >= 11 is 0. The second-order valence-corrected chi connectivity index (χ2v) is 9.37. The molecule has 4 aromatic rings. The highest BCUT2D eigenvalue weighted by atomic mass is 16.5. The van der Waals surface area contributed by atoms with Crippen LogP contribution in [-0.4, -0.2) is 65.5 Å². The molecule has 0 radical (unpaired) electrons. The van der Waals surface area contributed by atoms with Gasteiger partial charge in [0.25, 0.3) is 0 Å². The molecule has 0 saturated carbocycles. The highest BCUT2D eigenvalue weighted by molar-refractivity contribution is 5.92. The molecule has 0 bridgehead atoms. The smallest absolute Gasteiger partial charge is 0.335 e. The molecule has 0 aliphatic carbocycles. The number of hydrogen-bond acceptors (Lipinski definition) is 7. The summed E-state index contributed by atoms with van der Waals surface area (Å²) in [6.07, 6.45) is 4.04. The standard InChI is InChI=1S/C30H32N4O5/c1-33(20-22-4-6-24(7-5-22)30(36)37)17-3-18-34(2)21-28(35)32-25-10-14-27(15-11-25)39-26-12-8-23(9-13-26)29-31-16-19-38-29/h4-16,19H,3,17-18,20-21H2,1-2H3,(H,32,35)(H,36,37). The molecule has 9 heteroatoms. The number of aromatic carboxylic acids is 1. The zero-order valence-corrected chi connectivity index (χ0v) is 22.0. The Morgan fingerprint density at radius 3 is 2.15 bits per heavy atom. The first kappa shape index (κ1) is 27.6. The Morgan fingerprint density at radius 1 is 0.897 bits per heavy atom. The number of carboxylic acids is 1. The molecule has 3 aromatic carbocycles. The second-order valence-electron chi connectivity index (χ2n) is 9.37. The number of anilines is 1. The van der Waals surface area contributed by atoms with Crippen molar-refractivity contribution in [3.8, 4) is 23.0 Å². The van der Waals surface area contributed by atoms with Gasteiger partial charge in [-0.05, 0) is 99.8 Å². The van der Waals surface area contributed by atoms with Gasteiger partial charge in [0.15, 0.2) is 0 Å². The number of likely N-dealkylation sites (N-methyl/N-ethyl adjacent to an activating group) is 1. The van der Waals surface area contributed by atoms with Crippen LogP contribution in [0, 0.1) is 0 Å². The fraction of sp³-hybridized carbons (Fsp3) is 0.233. The number of carbonyl (C=O) groups is 2. The Bertz CT molecular complexity index is 1340. The number of ether oxygens (including phenoxy) is 1. The van der Waals surface area contributed by atoms with E-state index in [9.17, 15) is 9.59 Å². The lowest BCUT2D eigenvalue weighted by Crippen LogP contribution is -2.32. The van der Waals surface area contributed by atoms with Crippen molar-refractivity contribution in [3.63, 3.8) is 0 Å². The topological polar surface area (TPSA) is 108 Å². The molecule has 0 aliphatic rings. The molecule has 2 N–H and O–H groups in total. The lowest BCUT2D eigenvalue weighted by Gasteiger charge is -2.20. The van der Waals surface area contributed by atoms with Gasteiger partial charge in [0, 0.05) is 17.8 Å². The second kappa shape index (κ2) is 13.4. The number of carbonyl (C=O) groups excluding carboxylic acids is 1. The van der Waals surface area contributed by atoms with E-state index in [1.165, 1.54) is 6.26 Å². The number of rotatable bonds is 13. The van der Waals surface area contributed by atoms with E-state index in [4.69, 9.17) is 14.3 Å². The van der Waals surface area contributed by atoms with Crippen molar-refractivity contribution in [1.82, 2.24) is 14.8 Å². The number of benzene rings is 3. The predicted octanol–water partition coefficient (Wildman–Crippen LogP) is 5.22. The van der Waals surface area contributed by atoms with Gasteiger partial charge in [-0.1, -0.05) is 12.1 Å². The summed E-state index contributed by atoms with van der Waals surface area (Å²) in [5.74, 6) is 0.901. The van der Waals surface area contributed by atoms with Gasteiger partial charge >= 0.3 is 5.97 Å². The molecular formula is C30H32N4O5. The van der Waals surface area contributed by atoms with Crippen molar-refractivity contribution in [1.29, 1.82) is 0 Å². The summed E-state index contributed by atoms with van der Waals surface area (Å²) in [4.78, 5) is 31.8. The highest BCUT2D eigenvalue weighted by Gasteiger charge is 2.09. The first-order valence-corrected chi connectivity index (χ1v) is 12.6. The fourth-order valence-electron chi connectivity index (χ4n) is 4.05. The van der Waals surface area contributed by atoms with Crippen LogP contribution < -0.4 is 10.1 Å². The van der Waals surface area contributed by atoms with Crippen molar-refractivity contribution < 1.29 is 23.8 Å². The van der Waals surface area contributed by atoms with Gasteiger partial charge in [0.05, 0.1) is 18.3 Å². The van der Waals surface area contributed by atoms with Crippen LogP contribution in [0.4, 0.5) is 5.69 Å². The van der Waals surface area contributed by atoms with E-state index in [0.717, 1.165) is 37.2 Å². The van der Waals surface area contributed by atoms with Crippen LogP contribution in [0.5, 0.6) is 11.5 Å². The van der Waals surface area contributed by atoms with E-state index < -0.39 is 5.97 Å². The molecule has 0 unspecified atom stereocenters. The van der Waals surface area contributed by atoms with Crippen molar-refractivity contribution in [3.05, 3.63) is 96.4 Å². The van der Waals surface area contributed by atoms with E-state index in [2.05, 4.69) is 15.2 Å². The molecule has 1 aromatic heterocycles. The van der Waals surface area contributed by atoms with Gasteiger partial charge in [-0.15, -0.1) is 0 Å². The van der Waals surface area contributed by atoms with Gasteiger partial charge in [-0.2, -0.15) is 0 Å². The summed E-state index contributed by atoms with van der Waals surface area (Å²) in [5.41, 5.74) is 2.92. The van der Waals surface area contributed by atoms with Crippen molar-refractivity contribution in [2.75, 3.05) is 39.0 Å². The van der Waals surface area contributed by atoms with Crippen LogP contribution in [0.2, 0.25) is 0 Å².